The van der Waals surface area contributed by atoms with Crippen molar-refractivity contribution < 1.29 is 14.1 Å². The summed E-state index contributed by atoms with van der Waals surface area (Å²) in [6.07, 6.45) is 4.46. The second-order valence-electron chi connectivity index (χ2n) is 6.29. The topological polar surface area (TPSA) is 84.2 Å². The summed E-state index contributed by atoms with van der Waals surface area (Å²) < 4.78 is 4.90. The van der Waals surface area contributed by atoms with Crippen molar-refractivity contribution in [3.05, 3.63) is 11.8 Å². The van der Waals surface area contributed by atoms with Crippen molar-refractivity contribution in [3.8, 4) is 0 Å². The van der Waals surface area contributed by atoms with Crippen LogP contribution >= 0.6 is 11.8 Å². The zero-order valence-electron chi connectivity index (χ0n) is 13.9. The predicted octanol–water partition coefficient (Wildman–Crippen LogP) is 2.74. The smallest absolute Gasteiger partial charge is 0.238 e. The number of hydrogen-bond acceptors (Lipinski definition) is 5. The van der Waals surface area contributed by atoms with Gasteiger partial charge in [0, 0.05) is 12.1 Å². The zero-order chi connectivity index (χ0) is 16.8. The van der Waals surface area contributed by atoms with Gasteiger partial charge < -0.3 is 15.2 Å². The molecule has 1 fully saturated rings. The summed E-state index contributed by atoms with van der Waals surface area (Å²) in [5.74, 6) is 1.93. The molecule has 0 aliphatic heterocycles. The molecular formula is C16H25N3O3S. The van der Waals surface area contributed by atoms with E-state index in [4.69, 9.17) is 4.52 Å². The fourth-order valence-electron chi connectivity index (χ4n) is 2.60. The Morgan fingerprint density at radius 2 is 2.09 bits per heavy atom. The summed E-state index contributed by atoms with van der Waals surface area (Å²) in [4.78, 5) is 24.0. The highest BCUT2D eigenvalue weighted by atomic mass is 32.2. The summed E-state index contributed by atoms with van der Waals surface area (Å²) in [6, 6.07) is 1.95. The lowest BCUT2D eigenvalue weighted by atomic mass is 9.87. The minimum atomic E-state index is -0.330. The Kier molecular flexibility index (Phi) is 6.50. The average molecular weight is 339 g/mol. The van der Waals surface area contributed by atoms with Crippen LogP contribution in [0.2, 0.25) is 0 Å². The quantitative estimate of drug-likeness (QED) is 0.832. The molecule has 1 saturated carbocycles. The molecule has 0 radical (unpaired) electrons. The first-order valence-corrected chi connectivity index (χ1v) is 9.14. The molecule has 7 heteroatoms. The number of aromatic nitrogens is 1. The second-order valence-corrected chi connectivity index (χ2v) is 7.62. The molecule has 6 nitrogen and oxygen atoms in total. The molecule has 2 N–H and O–H groups in total. The Morgan fingerprint density at radius 3 is 2.70 bits per heavy atom. The minimum Gasteiger partial charge on any atom is -0.360 e. The van der Waals surface area contributed by atoms with Gasteiger partial charge in [0.2, 0.25) is 11.8 Å². The van der Waals surface area contributed by atoms with Crippen molar-refractivity contribution in [3.63, 3.8) is 0 Å². The maximum atomic E-state index is 12.0. The molecule has 1 aromatic rings. The van der Waals surface area contributed by atoms with E-state index in [0.717, 1.165) is 18.8 Å². The van der Waals surface area contributed by atoms with Crippen molar-refractivity contribution >= 4 is 29.4 Å². The summed E-state index contributed by atoms with van der Waals surface area (Å²) in [5.41, 5.74) is 0. The van der Waals surface area contributed by atoms with Crippen LogP contribution in [0.25, 0.3) is 0 Å². The lowest BCUT2D eigenvalue weighted by Gasteiger charge is -2.27. The van der Waals surface area contributed by atoms with Crippen LogP contribution in [-0.4, -0.2) is 34.0 Å². The first-order valence-electron chi connectivity index (χ1n) is 8.09. The van der Waals surface area contributed by atoms with Crippen LogP contribution in [0.15, 0.2) is 10.6 Å². The molecule has 1 heterocycles. The molecule has 1 aliphatic rings. The number of thioether (sulfide) groups is 1. The van der Waals surface area contributed by atoms with E-state index < -0.39 is 0 Å². The number of hydrogen-bond donors (Lipinski definition) is 2. The van der Waals surface area contributed by atoms with E-state index in [0.29, 0.717) is 23.4 Å². The van der Waals surface area contributed by atoms with Crippen LogP contribution in [0.3, 0.4) is 0 Å². The van der Waals surface area contributed by atoms with E-state index in [2.05, 4.69) is 22.7 Å². The standard InChI is InChI=1S/C16H25N3O3S/c1-10-4-6-13(7-5-10)17-15(20)9-23-12(3)16(21)18-14-8-11(2)22-19-14/h8,10,12-13H,4-7,9H2,1-3H3,(H,17,20)(H,18,19,21). The number of nitrogens with one attached hydrogen (secondary N) is 2. The summed E-state index contributed by atoms with van der Waals surface area (Å²) >= 11 is 1.33. The number of amides is 2. The third-order valence-electron chi connectivity index (χ3n) is 4.09. The highest BCUT2D eigenvalue weighted by Crippen LogP contribution is 2.23. The van der Waals surface area contributed by atoms with Crippen molar-refractivity contribution in [1.29, 1.82) is 0 Å². The van der Waals surface area contributed by atoms with E-state index in [1.807, 2.05) is 0 Å². The molecule has 1 aromatic heterocycles. The van der Waals surface area contributed by atoms with Crippen LogP contribution < -0.4 is 10.6 Å². The molecule has 0 spiro atoms. The fourth-order valence-corrected chi connectivity index (χ4v) is 3.30. The van der Waals surface area contributed by atoms with Crippen LogP contribution in [0.5, 0.6) is 0 Å². The minimum absolute atomic E-state index is 0.00600. The van der Waals surface area contributed by atoms with Crippen LogP contribution in [0, 0.1) is 12.8 Å². The SMILES string of the molecule is Cc1cc(NC(=O)C(C)SCC(=O)NC2CCC(C)CC2)no1. The van der Waals surface area contributed by atoms with Gasteiger partial charge in [0.1, 0.15) is 5.76 Å². The highest BCUT2D eigenvalue weighted by Gasteiger charge is 2.21. The molecule has 1 atom stereocenters. The van der Waals surface area contributed by atoms with Gasteiger partial charge in [0.15, 0.2) is 5.82 Å². The van der Waals surface area contributed by atoms with E-state index in [-0.39, 0.29) is 17.1 Å². The van der Waals surface area contributed by atoms with E-state index in [9.17, 15) is 9.59 Å². The van der Waals surface area contributed by atoms with Crippen LogP contribution in [0.1, 0.15) is 45.3 Å². The third-order valence-corrected chi connectivity index (χ3v) is 5.24. The Balaban J connectivity index is 1.67. The molecule has 1 aliphatic carbocycles. The number of anilines is 1. The Bertz CT molecular complexity index is 538. The molecule has 23 heavy (non-hydrogen) atoms. The number of rotatable bonds is 6. The Morgan fingerprint density at radius 1 is 1.39 bits per heavy atom. The molecule has 2 rings (SSSR count). The lowest BCUT2D eigenvalue weighted by molar-refractivity contribution is -0.119. The third kappa shape index (κ3) is 5.89. The fraction of sp³-hybridized carbons (Fsp3) is 0.688. The number of carbonyl (C=O) groups is 2. The van der Waals surface area contributed by atoms with Crippen molar-refractivity contribution in [2.24, 2.45) is 5.92 Å². The Labute approximate surface area is 141 Å². The number of carbonyl (C=O) groups excluding carboxylic acids is 2. The van der Waals surface area contributed by atoms with Gasteiger partial charge in [-0.25, -0.2) is 0 Å². The monoisotopic (exact) mass is 339 g/mol. The largest absolute Gasteiger partial charge is 0.360 e. The van der Waals surface area contributed by atoms with E-state index in [1.54, 1.807) is 19.9 Å². The number of aryl methyl sites for hydroxylation is 1. The maximum absolute atomic E-state index is 12.0. The molecule has 0 aromatic carbocycles. The van der Waals surface area contributed by atoms with Crippen LogP contribution in [-0.2, 0) is 9.59 Å². The van der Waals surface area contributed by atoms with Gasteiger partial charge in [-0.3, -0.25) is 9.59 Å². The normalized spacial score (nSPS) is 22.4. The first-order chi connectivity index (χ1) is 10.9. The summed E-state index contributed by atoms with van der Waals surface area (Å²) in [6.45, 7) is 5.80. The van der Waals surface area contributed by atoms with Crippen molar-refractivity contribution in [2.45, 2.75) is 57.7 Å². The highest BCUT2D eigenvalue weighted by molar-refractivity contribution is 8.01. The molecule has 0 bridgehead atoms. The second kappa shape index (κ2) is 8.38. The number of nitrogens with zero attached hydrogens (tertiary/aromatic N) is 1. The lowest BCUT2D eigenvalue weighted by Crippen LogP contribution is -2.38. The van der Waals surface area contributed by atoms with Crippen LogP contribution in [0.4, 0.5) is 5.82 Å². The Hall–Kier alpha value is -1.50. The van der Waals surface area contributed by atoms with Gasteiger partial charge in [-0.2, -0.15) is 0 Å². The van der Waals surface area contributed by atoms with Gasteiger partial charge in [-0.05, 0) is 45.4 Å². The molecule has 128 valence electrons. The summed E-state index contributed by atoms with van der Waals surface area (Å²) in [7, 11) is 0. The van der Waals surface area contributed by atoms with Crippen molar-refractivity contribution in [2.75, 3.05) is 11.1 Å². The maximum Gasteiger partial charge on any atom is 0.238 e. The van der Waals surface area contributed by atoms with Gasteiger partial charge in [0.05, 0.1) is 11.0 Å². The van der Waals surface area contributed by atoms with E-state index >= 15 is 0 Å². The first kappa shape index (κ1) is 17.8. The predicted molar refractivity (Wildman–Crippen MR) is 91.4 cm³/mol. The van der Waals surface area contributed by atoms with Gasteiger partial charge >= 0.3 is 0 Å². The van der Waals surface area contributed by atoms with Gasteiger partial charge in [-0.1, -0.05) is 12.1 Å². The van der Waals surface area contributed by atoms with Gasteiger partial charge in [-0.15, -0.1) is 11.8 Å². The van der Waals surface area contributed by atoms with Crippen molar-refractivity contribution in [1.82, 2.24) is 10.5 Å². The van der Waals surface area contributed by atoms with Gasteiger partial charge in [0.25, 0.3) is 0 Å². The summed E-state index contributed by atoms with van der Waals surface area (Å²) in [5, 5.41) is 9.14. The molecule has 1 unspecified atom stereocenters. The molecule has 2 amide bonds. The molecule has 0 saturated heterocycles. The average Bonchev–Trinajstić information content (AvgIpc) is 2.92. The molecular weight excluding hydrogens is 314 g/mol. The van der Waals surface area contributed by atoms with E-state index in [1.165, 1.54) is 24.6 Å². The zero-order valence-corrected chi connectivity index (χ0v) is 14.7.